The Bertz CT molecular complexity index is 3040. The molecule has 0 amide bonds. The summed E-state index contributed by atoms with van der Waals surface area (Å²) in [6.45, 7) is 0. The molecule has 8 aromatic carbocycles. The summed E-state index contributed by atoms with van der Waals surface area (Å²) in [5.41, 5.74) is 12.8. The van der Waals surface area contributed by atoms with E-state index < -0.39 is 0 Å². The van der Waals surface area contributed by atoms with Crippen LogP contribution in [0.25, 0.3) is 101 Å². The maximum Gasteiger partial charge on any atom is 0.167 e. The molecule has 0 radical (unpaired) electrons. The molecule has 0 saturated heterocycles. The highest BCUT2D eigenvalue weighted by Crippen LogP contribution is 2.46. The first-order valence-corrected chi connectivity index (χ1v) is 18.8. The van der Waals surface area contributed by atoms with Crippen molar-refractivity contribution in [3.8, 4) is 84.7 Å². The molecule has 2 aromatic heterocycles. The van der Waals surface area contributed by atoms with E-state index in [-0.39, 0.29) is 0 Å². The summed E-state index contributed by atoms with van der Waals surface area (Å²) in [6, 6.07) is 68.0. The van der Waals surface area contributed by atoms with Crippen LogP contribution >= 0.6 is 0 Å². The number of rotatable bonds is 7. The predicted octanol–water partition coefficient (Wildman–Crippen LogP) is 13.3. The van der Waals surface area contributed by atoms with E-state index in [9.17, 15) is 5.26 Å². The molecule has 5 nitrogen and oxygen atoms in total. The number of aromatic nitrogens is 3. The van der Waals surface area contributed by atoms with Gasteiger partial charge in [-0.25, -0.2) is 15.0 Å². The van der Waals surface area contributed by atoms with Crippen molar-refractivity contribution in [2.24, 2.45) is 0 Å². The van der Waals surface area contributed by atoms with Crippen LogP contribution in [0.1, 0.15) is 5.56 Å². The van der Waals surface area contributed by atoms with Gasteiger partial charge in [-0.15, -0.1) is 0 Å². The van der Waals surface area contributed by atoms with Gasteiger partial charge in [0.15, 0.2) is 17.5 Å². The van der Waals surface area contributed by atoms with E-state index in [0.717, 1.165) is 77.6 Å². The first-order valence-electron chi connectivity index (χ1n) is 18.8. The third-order valence-corrected chi connectivity index (χ3v) is 10.4. The van der Waals surface area contributed by atoms with Crippen molar-refractivity contribution in [3.05, 3.63) is 200 Å². The second kappa shape index (κ2) is 14.4. The van der Waals surface area contributed by atoms with Crippen LogP contribution in [0.5, 0.6) is 0 Å². The lowest BCUT2D eigenvalue weighted by Gasteiger charge is -2.11. The smallest absolute Gasteiger partial charge is 0.167 e. The van der Waals surface area contributed by atoms with Crippen LogP contribution in [0.2, 0.25) is 0 Å². The Kier molecular flexibility index (Phi) is 8.48. The summed E-state index contributed by atoms with van der Waals surface area (Å²) in [5.74, 6) is 1.68. The van der Waals surface area contributed by atoms with E-state index in [2.05, 4.69) is 103 Å². The Hall–Kier alpha value is -7.94. The zero-order chi connectivity index (χ0) is 38.1. The first kappa shape index (κ1) is 33.6. The van der Waals surface area contributed by atoms with Gasteiger partial charge in [0, 0.05) is 27.5 Å². The minimum Gasteiger partial charge on any atom is -0.455 e. The van der Waals surface area contributed by atoms with Crippen molar-refractivity contribution in [1.29, 1.82) is 5.26 Å². The maximum atomic E-state index is 9.83. The van der Waals surface area contributed by atoms with E-state index >= 15 is 0 Å². The quantitative estimate of drug-likeness (QED) is 0.163. The molecule has 5 heteroatoms. The van der Waals surface area contributed by atoms with Crippen LogP contribution in [0.15, 0.2) is 199 Å². The van der Waals surface area contributed by atoms with E-state index in [1.54, 1.807) is 0 Å². The molecular formula is C52H32N4O. The van der Waals surface area contributed by atoms with Gasteiger partial charge < -0.3 is 4.42 Å². The summed E-state index contributed by atoms with van der Waals surface area (Å²) >= 11 is 0. The van der Waals surface area contributed by atoms with E-state index in [4.69, 9.17) is 19.4 Å². The molecule has 0 N–H and O–H groups in total. The van der Waals surface area contributed by atoms with Crippen LogP contribution in [-0.2, 0) is 0 Å². The highest BCUT2D eigenvalue weighted by molar-refractivity contribution is 6.19. The number of fused-ring (bicyclic) bond motifs is 3. The van der Waals surface area contributed by atoms with Crippen LogP contribution in [0, 0.1) is 11.3 Å². The standard InChI is InChI=1S/C52H32N4O/c53-33-40-23-13-14-24-42(40)36-25-27-37(28-26-36)43-29-30-44(52-55-50(38-19-9-3-10-20-38)54-51(56-52)39-21-11-4-12-22-39)49-47(43)46-32-41(34-15-5-1-6-16-34)31-45(48(46)57-49)35-17-7-2-8-18-35/h1-32H. The van der Waals surface area contributed by atoms with Crippen molar-refractivity contribution in [2.45, 2.75) is 0 Å². The highest BCUT2D eigenvalue weighted by atomic mass is 16.3. The van der Waals surface area contributed by atoms with Gasteiger partial charge in [0.05, 0.1) is 17.2 Å². The molecule has 0 aliphatic carbocycles. The zero-order valence-corrected chi connectivity index (χ0v) is 30.7. The molecule has 10 rings (SSSR count). The molecule has 266 valence electrons. The highest BCUT2D eigenvalue weighted by Gasteiger charge is 2.23. The molecule has 0 aliphatic rings. The monoisotopic (exact) mass is 728 g/mol. The fourth-order valence-corrected chi connectivity index (χ4v) is 7.62. The molecule has 0 spiro atoms. The van der Waals surface area contributed by atoms with Gasteiger partial charge in [-0.3, -0.25) is 0 Å². The third-order valence-electron chi connectivity index (χ3n) is 10.4. The Labute approximate surface area is 329 Å². The van der Waals surface area contributed by atoms with Gasteiger partial charge in [-0.2, -0.15) is 5.26 Å². The van der Waals surface area contributed by atoms with Gasteiger partial charge in [0.1, 0.15) is 11.2 Å². The first-order chi connectivity index (χ1) is 28.2. The van der Waals surface area contributed by atoms with Gasteiger partial charge in [0.2, 0.25) is 0 Å². The topological polar surface area (TPSA) is 75.6 Å². The van der Waals surface area contributed by atoms with Crippen LogP contribution in [0.4, 0.5) is 0 Å². The van der Waals surface area contributed by atoms with E-state index in [0.29, 0.717) is 28.6 Å². The molecular weight excluding hydrogens is 697 g/mol. The lowest BCUT2D eigenvalue weighted by molar-refractivity contribution is 0.670. The van der Waals surface area contributed by atoms with Gasteiger partial charge in [0.25, 0.3) is 0 Å². The summed E-state index contributed by atoms with van der Waals surface area (Å²) in [5, 5.41) is 11.8. The van der Waals surface area contributed by atoms with Gasteiger partial charge >= 0.3 is 0 Å². The number of hydrogen-bond acceptors (Lipinski definition) is 5. The Morgan fingerprint density at radius 1 is 0.351 bits per heavy atom. The van der Waals surface area contributed by atoms with E-state index in [1.807, 2.05) is 97.1 Å². The maximum absolute atomic E-state index is 9.83. The fourth-order valence-electron chi connectivity index (χ4n) is 7.62. The van der Waals surface area contributed by atoms with Crippen molar-refractivity contribution in [1.82, 2.24) is 15.0 Å². The van der Waals surface area contributed by atoms with E-state index in [1.165, 1.54) is 0 Å². The van der Waals surface area contributed by atoms with Crippen molar-refractivity contribution >= 4 is 21.9 Å². The molecule has 57 heavy (non-hydrogen) atoms. The molecule has 0 saturated carbocycles. The number of nitrogens with zero attached hydrogens (tertiary/aromatic N) is 4. The van der Waals surface area contributed by atoms with Crippen LogP contribution in [0.3, 0.4) is 0 Å². The summed E-state index contributed by atoms with van der Waals surface area (Å²) < 4.78 is 7.15. The lowest BCUT2D eigenvalue weighted by atomic mass is 9.92. The summed E-state index contributed by atoms with van der Waals surface area (Å²) in [4.78, 5) is 15.2. The van der Waals surface area contributed by atoms with Gasteiger partial charge in [-0.05, 0) is 63.2 Å². The predicted molar refractivity (Wildman–Crippen MR) is 230 cm³/mol. The molecule has 0 aliphatic heterocycles. The van der Waals surface area contributed by atoms with Crippen LogP contribution in [-0.4, -0.2) is 15.0 Å². The lowest BCUT2D eigenvalue weighted by Crippen LogP contribution is -2.00. The minimum absolute atomic E-state index is 0.520. The average molecular weight is 729 g/mol. The Balaban J connectivity index is 1.27. The summed E-state index contributed by atoms with van der Waals surface area (Å²) in [6.07, 6.45) is 0. The Morgan fingerprint density at radius 2 is 0.825 bits per heavy atom. The largest absolute Gasteiger partial charge is 0.455 e. The average Bonchev–Trinajstić information content (AvgIpc) is 3.69. The minimum atomic E-state index is 0.520. The van der Waals surface area contributed by atoms with Crippen molar-refractivity contribution in [3.63, 3.8) is 0 Å². The molecule has 0 unspecified atom stereocenters. The van der Waals surface area contributed by atoms with Gasteiger partial charge in [-0.1, -0.05) is 170 Å². The number of furan rings is 1. The third kappa shape index (κ3) is 6.22. The van der Waals surface area contributed by atoms with Crippen molar-refractivity contribution < 1.29 is 4.42 Å². The number of hydrogen-bond donors (Lipinski definition) is 0. The number of benzene rings is 8. The fraction of sp³-hybridized carbons (Fsp3) is 0. The molecule has 0 atom stereocenters. The summed E-state index contributed by atoms with van der Waals surface area (Å²) in [7, 11) is 0. The zero-order valence-electron chi connectivity index (χ0n) is 30.7. The number of nitriles is 1. The Morgan fingerprint density at radius 3 is 1.42 bits per heavy atom. The van der Waals surface area contributed by atoms with Crippen molar-refractivity contribution in [2.75, 3.05) is 0 Å². The molecule has 0 bridgehead atoms. The SMILES string of the molecule is N#Cc1ccccc1-c1ccc(-c2ccc(-c3nc(-c4ccccc4)nc(-c4ccccc4)n3)c3oc4c(-c5ccccc5)cc(-c5ccccc5)cc4c23)cc1. The molecule has 2 heterocycles. The normalized spacial score (nSPS) is 11.1. The van der Waals surface area contributed by atoms with Crippen LogP contribution < -0.4 is 0 Å². The molecule has 10 aromatic rings. The molecule has 0 fully saturated rings. The second-order valence-electron chi connectivity index (χ2n) is 13.9. The second-order valence-corrected chi connectivity index (χ2v) is 13.9.